The normalized spacial score (nSPS) is 12.2. The lowest BCUT2D eigenvalue weighted by Gasteiger charge is -2.12. The fraction of sp³-hybridized carbons (Fsp3) is 0.333. The lowest BCUT2D eigenvalue weighted by molar-refractivity contribution is 0.0947. The molecule has 5 nitrogen and oxygen atoms in total. The van der Waals surface area contributed by atoms with Crippen LogP contribution >= 0.6 is 0 Å². The number of ether oxygens (including phenoxy) is 1. The molecular formula is C15H19N3O2. The van der Waals surface area contributed by atoms with E-state index in [1.54, 1.807) is 10.9 Å². The number of ketones is 1. The number of rotatable bonds is 6. The molecule has 0 saturated carbocycles. The van der Waals surface area contributed by atoms with E-state index in [4.69, 9.17) is 10.5 Å². The Morgan fingerprint density at radius 2 is 2.10 bits per heavy atom. The Morgan fingerprint density at radius 1 is 1.40 bits per heavy atom. The lowest BCUT2D eigenvalue weighted by atomic mass is 10.0. The quantitative estimate of drug-likeness (QED) is 0.813. The van der Waals surface area contributed by atoms with Crippen molar-refractivity contribution in [3.05, 3.63) is 47.8 Å². The predicted octanol–water partition coefficient (Wildman–Crippen LogP) is 1.66. The largest absolute Gasteiger partial charge is 0.493 e. The summed E-state index contributed by atoms with van der Waals surface area (Å²) in [6.07, 6.45) is 2.05. The lowest BCUT2D eigenvalue weighted by Crippen LogP contribution is -2.34. The number of Topliss-reactive ketones (excluding diaryl/α,β-unsaturated/α-hetero) is 1. The average molecular weight is 273 g/mol. The molecule has 20 heavy (non-hydrogen) atoms. The molecule has 0 saturated heterocycles. The van der Waals surface area contributed by atoms with Gasteiger partial charge in [-0.05, 0) is 18.9 Å². The van der Waals surface area contributed by atoms with Crippen LogP contribution in [-0.4, -0.2) is 28.7 Å². The van der Waals surface area contributed by atoms with Gasteiger partial charge in [-0.15, -0.1) is 0 Å². The van der Waals surface area contributed by atoms with E-state index < -0.39 is 6.04 Å². The third-order valence-corrected chi connectivity index (χ3v) is 3.19. The monoisotopic (exact) mass is 273 g/mol. The van der Waals surface area contributed by atoms with Crippen molar-refractivity contribution in [1.82, 2.24) is 9.78 Å². The number of nitrogens with zero attached hydrogens (tertiary/aromatic N) is 2. The van der Waals surface area contributed by atoms with Crippen molar-refractivity contribution in [3.8, 4) is 5.75 Å². The summed E-state index contributed by atoms with van der Waals surface area (Å²) < 4.78 is 6.81. The first kappa shape index (κ1) is 14.3. The van der Waals surface area contributed by atoms with Crippen molar-refractivity contribution < 1.29 is 9.53 Å². The van der Waals surface area contributed by atoms with E-state index in [0.29, 0.717) is 24.4 Å². The topological polar surface area (TPSA) is 70.1 Å². The van der Waals surface area contributed by atoms with Crippen LogP contribution in [0.3, 0.4) is 0 Å². The van der Waals surface area contributed by atoms with E-state index in [1.807, 2.05) is 37.3 Å². The minimum absolute atomic E-state index is 0.148. The molecule has 0 bridgehead atoms. The summed E-state index contributed by atoms with van der Waals surface area (Å²) in [5.74, 6) is 0.324. The maximum absolute atomic E-state index is 12.5. The van der Waals surface area contributed by atoms with Crippen molar-refractivity contribution in [3.63, 3.8) is 0 Å². The second kappa shape index (κ2) is 6.34. The Labute approximate surface area is 118 Å². The third kappa shape index (κ3) is 2.88. The Bertz CT molecular complexity index is 557. The van der Waals surface area contributed by atoms with E-state index >= 15 is 0 Å². The van der Waals surface area contributed by atoms with Crippen molar-refractivity contribution >= 4 is 5.78 Å². The molecule has 0 fully saturated rings. The van der Waals surface area contributed by atoms with Gasteiger partial charge in [0.2, 0.25) is 5.78 Å². The molecule has 0 amide bonds. The van der Waals surface area contributed by atoms with Gasteiger partial charge < -0.3 is 10.5 Å². The number of aromatic nitrogens is 2. The van der Waals surface area contributed by atoms with Gasteiger partial charge in [-0.2, -0.15) is 5.10 Å². The van der Waals surface area contributed by atoms with Crippen molar-refractivity contribution in [2.24, 2.45) is 5.73 Å². The van der Waals surface area contributed by atoms with Crippen LogP contribution in [0.5, 0.6) is 5.75 Å². The number of carbonyl (C=O) groups excluding carboxylic acids is 1. The van der Waals surface area contributed by atoms with Crippen molar-refractivity contribution in [1.29, 1.82) is 0 Å². The number of benzene rings is 1. The van der Waals surface area contributed by atoms with Gasteiger partial charge in [0.05, 0.1) is 19.3 Å². The summed E-state index contributed by atoms with van der Waals surface area (Å²) in [7, 11) is 1.52. The number of hydrogen-bond acceptors (Lipinski definition) is 4. The first-order chi connectivity index (χ1) is 9.67. The zero-order valence-electron chi connectivity index (χ0n) is 11.7. The van der Waals surface area contributed by atoms with Crippen LogP contribution in [0.25, 0.3) is 0 Å². The van der Waals surface area contributed by atoms with Crippen LogP contribution in [0.2, 0.25) is 0 Å². The van der Waals surface area contributed by atoms with Gasteiger partial charge in [0.25, 0.3) is 0 Å². The predicted molar refractivity (Wildman–Crippen MR) is 76.9 cm³/mol. The van der Waals surface area contributed by atoms with Crippen LogP contribution in [0.4, 0.5) is 0 Å². The maximum Gasteiger partial charge on any atom is 0.201 e. The molecule has 1 unspecified atom stereocenters. The summed E-state index contributed by atoms with van der Waals surface area (Å²) in [5, 5.41) is 4.13. The van der Waals surface area contributed by atoms with E-state index in [9.17, 15) is 4.79 Å². The second-order valence-electron chi connectivity index (χ2n) is 4.54. The van der Waals surface area contributed by atoms with Crippen molar-refractivity contribution in [2.45, 2.75) is 25.9 Å². The molecule has 1 aromatic heterocycles. The summed E-state index contributed by atoms with van der Waals surface area (Å²) in [6.45, 7) is 2.52. The zero-order chi connectivity index (χ0) is 14.5. The summed E-state index contributed by atoms with van der Waals surface area (Å²) in [6, 6.07) is 9.12. The number of methoxy groups -OCH3 is 1. The van der Waals surface area contributed by atoms with Crippen LogP contribution in [0.15, 0.2) is 36.5 Å². The van der Waals surface area contributed by atoms with Crippen LogP contribution < -0.4 is 10.5 Å². The molecule has 2 N–H and O–H groups in total. The van der Waals surface area contributed by atoms with Gasteiger partial charge in [0, 0.05) is 6.54 Å². The zero-order valence-corrected chi connectivity index (χ0v) is 11.7. The first-order valence-electron chi connectivity index (χ1n) is 6.60. The highest BCUT2D eigenvalue weighted by Crippen LogP contribution is 2.20. The Morgan fingerprint density at radius 3 is 2.70 bits per heavy atom. The SMILES string of the molecule is CCn1ncc(OC)c1C(=O)C(N)Cc1ccccc1. The van der Waals surface area contributed by atoms with Gasteiger partial charge in [-0.25, -0.2) is 0 Å². The molecule has 1 aromatic carbocycles. The molecule has 0 spiro atoms. The van der Waals surface area contributed by atoms with Crippen LogP contribution in [-0.2, 0) is 13.0 Å². The van der Waals surface area contributed by atoms with Crippen LogP contribution in [0.1, 0.15) is 23.0 Å². The highest BCUT2D eigenvalue weighted by molar-refractivity contribution is 6.00. The van der Waals surface area contributed by atoms with Gasteiger partial charge in [0.15, 0.2) is 5.75 Å². The molecule has 0 radical (unpaired) electrons. The van der Waals surface area contributed by atoms with E-state index in [1.165, 1.54) is 7.11 Å². The van der Waals surface area contributed by atoms with E-state index in [-0.39, 0.29) is 5.78 Å². The molecule has 0 aliphatic heterocycles. The minimum atomic E-state index is -0.603. The number of hydrogen-bond donors (Lipinski definition) is 1. The molecule has 0 aliphatic rings. The standard InChI is InChI=1S/C15H19N3O2/c1-3-18-14(13(20-2)10-17-18)15(19)12(16)9-11-7-5-4-6-8-11/h4-8,10,12H,3,9,16H2,1-2H3. The number of aryl methyl sites for hydroxylation is 1. The van der Waals surface area contributed by atoms with Gasteiger partial charge in [-0.3, -0.25) is 9.48 Å². The van der Waals surface area contributed by atoms with E-state index in [0.717, 1.165) is 5.56 Å². The molecule has 1 atom stereocenters. The molecule has 1 heterocycles. The smallest absolute Gasteiger partial charge is 0.201 e. The fourth-order valence-electron chi connectivity index (χ4n) is 2.14. The molecule has 0 aliphatic carbocycles. The highest BCUT2D eigenvalue weighted by atomic mass is 16.5. The van der Waals surface area contributed by atoms with E-state index in [2.05, 4.69) is 5.10 Å². The van der Waals surface area contributed by atoms with Crippen molar-refractivity contribution in [2.75, 3.05) is 7.11 Å². The Balaban J connectivity index is 2.20. The summed E-state index contributed by atoms with van der Waals surface area (Å²) >= 11 is 0. The summed E-state index contributed by atoms with van der Waals surface area (Å²) in [4.78, 5) is 12.5. The minimum Gasteiger partial charge on any atom is -0.493 e. The number of nitrogens with two attached hydrogens (primary N) is 1. The van der Waals surface area contributed by atoms with Gasteiger partial charge in [-0.1, -0.05) is 30.3 Å². The highest BCUT2D eigenvalue weighted by Gasteiger charge is 2.24. The Hall–Kier alpha value is -2.14. The van der Waals surface area contributed by atoms with Gasteiger partial charge in [0.1, 0.15) is 5.69 Å². The summed E-state index contributed by atoms with van der Waals surface area (Å²) in [5.41, 5.74) is 7.52. The maximum atomic E-state index is 12.5. The van der Waals surface area contributed by atoms with Crippen LogP contribution in [0, 0.1) is 0 Å². The second-order valence-corrected chi connectivity index (χ2v) is 4.54. The average Bonchev–Trinajstić information content (AvgIpc) is 2.90. The first-order valence-corrected chi connectivity index (χ1v) is 6.60. The molecular weight excluding hydrogens is 254 g/mol. The Kier molecular flexibility index (Phi) is 4.53. The number of carbonyl (C=O) groups is 1. The molecule has 5 heteroatoms. The molecule has 106 valence electrons. The third-order valence-electron chi connectivity index (χ3n) is 3.19. The fourth-order valence-corrected chi connectivity index (χ4v) is 2.14. The molecule has 2 rings (SSSR count). The molecule has 2 aromatic rings. The van der Waals surface area contributed by atoms with Gasteiger partial charge >= 0.3 is 0 Å².